The van der Waals surface area contributed by atoms with Crippen molar-refractivity contribution in [3.8, 4) is 0 Å². The largest absolute Gasteiger partial charge is 0.391 e. The molecule has 1 saturated carbocycles. The summed E-state index contributed by atoms with van der Waals surface area (Å²) in [5.74, 6) is 0.339. The number of hydrogen-bond acceptors (Lipinski definition) is 3. The molecule has 0 spiro atoms. The second kappa shape index (κ2) is 8.18. The molecule has 2 atom stereocenters. The molecule has 0 saturated heterocycles. The maximum absolute atomic E-state index is 13.6. The molecule has 22 heavy (non-hydrogen) atoms. The van der Waals surface area contributed by atoms with Gasteiger partial charge in [0.25, 0.3) is 0 Å². The average molecular weight is 346 g/mol. The number of hydrogen-bond donors (Lipinski definition) is 1. The van der Waals surface area contributed by atoms with Gasteiger partial charge in [0.05, 0.1) is 17.9 Å². The molecule has 1 amide bonds. The van der Waals surface area contributed by atoms with E-state index in [1.807, 2.05) is 0 Å². The minimum absolute atomic E-state index is 0.0229. The SMILES string of the molecule is CN(C(=O)CSCc1ccc(Cl)cc1F)[C@@H]1CCCC[C@H]1O. The molecule has 1 aromatic rings. The number of aliphatic hydroxyl groups is 1. The molecule has 0 radical (unpaired) electrons. The highest BCUT2D eigenvalue weighted by Gasteiger charge is 2.29. The highest BCUT2D eigenvalue weighted by atomic mass is 35.5. The van der Waals surface area contributed by atoms with E-state index in [0.29, 0.717) is 16.3 Å². The van der Waals surface area contributed by atoms with Gasteiger partial charge < -0.3 is 10.0 Å². The number of carbonyl (C=O) groups excluding carboxylic acids is 1. The summed E-state index contributed by atoms with van der Waals surface area (Å²) in [7, 11) is 1.74. The molecule has 0 aliphatic heterocycles. The van der Waals surface area contributed by atoms with Crippen LogP contribution in [0.1, 0.15) is 31.2 Å². The zero-order valence-electron chi connectivity index (χ0n) is 12.6. The van der Waals surface area contributed by atoms with Gasteiger partial charge in [-0.2, -0.15) is 0 Å². The summed E-state index contributed by atoms with van der Waals surface area (Å²) in [5.41, 5.74) is 0.544. The molecular weight excluding hydrogens is 325 g/mol. The van der Waals surface area contributed by atoms with Crippen LogP contribution in [0.3, 0.4) is 0 Å². The van der Waals surface area contributed by atoms with Crippen LogP contribution in [0, 0.1) is 5.82 Å². The van der Waals surface area contributed by atoms with Crippen LogP contribution in [0.5, 0.6) is 0 Å². The van der Waals surface area contributed by atoms with E-state index in [4.69, 9.17) is 11.6 Å². The fourth-order valence-corrected chi connectivity index (χ4v) is 3.81. The van der Waals surface area contributed by atoms with Crippen LogP contribution in [0.4, 0.5) is 4.39 Å². The van der Waals surface area contributed by atoms with Crippen molar-refractivity contribution < 1.29 is 14.3 Å². The summed E-state index contributed by atoms with van der Waals surface area (Å²) in [4.78, 5) is 13.8. The Hall–Kier alpha value is -0.780. The molecule has 1 fully saturated rings. The number of nitrogens with zero attached hydrogens (tertiary/aromatic N) is 1. The standard InChI is InChI=1S/C16H21ClFNO2S/c1-19(14-4-2-3-5-15(14)20)16(21)10-22-9-11-6-7-12(17)8-13(11)18/h6-8,14-15,20H,2-5,9-10H2,1H3/t14-,15-/m1/s1. The van der Waals surface area contributed by atoms with Crippen molar-refractivity contribution in [3.05, 3.63) is 34.6 Å². The van der Waals surface area contributed by atoms with E-state index in [2.05, 4.69) is 0 Å². The lowest BCUT2D eigenvalue weighted by molar-refractivity contribution is -0.132. The Morgan fingerprint density at radius 1 is 1.45 bits per heavy atom. The van der Waals surface area contributed by atoms with E-state index in [1.54, 1.807) is 24.1 Å². The van der Waals surface area contributed by atoms with E-state index in [-0.39, 0.29) is 23.5 Å². The monoisotopic (exact) mass is 345 g/mol. The lowest BCUT2D eigenvalue weighted by Gasteiger charge is -2.35. The molecule has 1 aliphatic rings. The lowest BCUT2D eigenvalue weighted by atomic mass is 9.91. The van der Waals surface area contributed by atoms with Crippen LogP contribution in [0.25, 0.3) is 0 Å². The zero-order chi connectivity index (χ0) is 16.1. The Bertz CT molecular complexity index is 529. The van der Waals surface area contributed by atoms with Crippen LogP contribution in [0.2, 0.25) is 5.02 Å². The quantitative estimate of drug-likeness (QED) is 0.888. The molecule has 6 heteroatoms. The van der Waals surface area contributed by atoms with Gasteiger partial charge in [-0.1, -0.05) is 30.5 Å². The van der Waals surface area contributed by atoms with Gasteiger partial charge in [0.15, 0.2) is 0 Å². The number of amides is 1. The molecule has 1 N–H and O–H groups in total. The van der Waals surface area contributed by atoms with Crippen LogP contribution < -0.4 is 0 Å². The second-order valence-corrected chi connectivity index (χ2v) is 7.07. The van der Waals surface area contributed by atoms with Crippen LogP contribution in [0.15, 0.2) is 18.2 Å². The summed E-state index contributed by atoms with van der Waals surface area (Å²) >= 11 is 7.08. The maximum Gasteiger partial charge on any atom is 0.232 e. The Kier molecular flexibility index (Phi) is 6.53. The lowest BCUT2D eigenvalue weighted by Crippen LogP contribution is -2.46. The van der Waals surface area contributed by atoms with Gasteiger partial charge in [-0.25, -0.2) is 4.39 Å². The molecule has 2 rings (SSSR count). The normalized spacial score (nSPS) is 21.6. The number of rotatable bonds is 5. The molecule has 1 aliphatic carbocycles. The van der Waals surface area contributed by atoms with Gasteiger partial charge in [0.1, 0.15) is 5.82 Å². The van der Waals surface area contributed by atoms with Gasteiger partial charge in [-0.05, 0) is 30.5 Å². The fraction of sp³-hybridized carbons (Fsp3) is 0.562. The van der Waals surface area contributed by atoms with Crippen molar-refractivity contribution >= 4 is 29.3 Å². The Balaban J connectivity index is 1.82. The van der Waals surface area contributed by atoms with Gasteiger partial charge in [0.2, 0.25) is 5.91 Å². The zero-order valence-corrected chi connectivity index (χ0v) is 14.2. The summed E-state index contributed by atoms with van der Waals surface area (Å²) in [6.45, 7) is 0. The molecule has 0 bridgehead atoms. The molecule has 3 nitrogen and oxygen atoms in total. The second-order valence-electron chi connectivity index (χ2n) is 5.65. The van der Waals surface area contributed by atoms with Crippen molar-refractivity contribution in [1.82, 2.24) is 4.90 Å². The molecule has 122 valence electrons. The topological polar surface area (TPSA) is 40.5 Å². The smallest absolute Gasteiger partial charge is 0.232 e. The number of thioether (sulfide) groups is 1. The minimum Gasteiger partial charge on any atom is -0.391 e. The first kappa shape index (κ1) is 17.6. The number of benzene rings is 1. The third-order valence-electron chi connectivity index (χ3n) is 4.08. The maximum atomic E-state index is 13.6. The van der Waals surface area contributed by atoms with Crippen LogP contribution in [-0.2, 0) is 10.5 Å². The predicted octanol–water partition coefficient (Wildman–Crippen LogP) is 3.47. The van der Waals surface area contributed by atoms with E-state index in [0.717, 1.165) is 25.7 Å². The number of carbonyl (C=O) groups is 1. The summed E-state index contributed by atoms with van der Waals surface area (Å²) in [5, 5.41) is 10.4. The van der Waals surface area contributed by atoms with E-state index >= 15 is 0 Å². The molecular formula is C16H21ClFNO2S. The van der Waals surface area contributed by atoms with Crippen molar-refractivity contribution in [1.29, 1.82) is 0 Å². The van der Waals surface area contributed by atoms with Crippen LogP contribution in [-0.4, -0.2) is 40.9 Å². The van der Waals surface area contributed by atoms with E-state index < -0.39 is 6.10 Å². The average Bonchev–Trinajstić information content (AvgIpc) is 2.49. The highest BCUT2D eigenvalue weighted by molar-refractivity contribution is 7.99. The number of halogens is 2. The molecule has 0 heterocycles. The Morgan fingerprint density at radius 2 is 2.18 bits per heavy atom. The number of aliphatic hydroxyl groups excluding tert-OH is 1. The van der Waals surface area contributed by atoms with Crippen molar-refractivity contribution in [2.75, 3.05) is 12.8 Å². The molecule has 0 aromatic heterocycles. The molecule has 0 unspecified atom stereocenters. The minimum atomic E-state index is -0.429. The summed E-state index contributed by atoms with van der Waals surface area (Å²) in [6.07, 6.45) is 3.24. The highest BCUT2D eigenvalue weighted by Crippen LogP contribution is 2.24. The van der Waals surface area contributed by atoms with E-state index in [1.165, 1.54) is 17.8 Å². The van der Waals surface area contributed by atoms with E-state index in [9.17, 15) is 14.3 Å². The fourth-order valence-electron chi connectivity index (χ4n) is 2.72. The predicted molar refractivity (Wildman–Crippen MR) is 88.6 cm³/mol. The summed E-state index contributed by atoms with van der Waals surface area (Å²) in [6, 6.07) is 4.48. The van der Waals surface area contributed by atoms with Crippen LogP contribution >= 0.6 is 23.4 Å². The first-order valence-electron chi connectivity index (χ1n) is 7.44. The van der Waals surface area contributed by atoms with Gasteiger partial charge in [-0.15, -0.1) is 11.8 Å². The number of likely N-dealkylation sites (N-methyl/N-ethyl adjacent to an activating group) is 1. The first-order valence-corrected chi connectivity index (χ1v) is 8.97. The molecule has 1 aromatic carbocycles. The van der Waals surface area contributed by atoms with Gasteiger partial charge in [-0.3, -0.25) is 4.79 Å². The Labute approximate surface area is 139 Å². The van der Waals surface area contributed by atoms with Gasteiger partial charge in [0, 0.05) is 17.8 Å². The Morgan fingerprint density at radius 3 is 2.86 bits per heavy atom. The van der Waals surface area contributed by atoms with Crippen molar-refractivity contribution in [2.24, 2.45) is 0 Å². The third-order valence-corrected chi connectivity index (χ3v) is 5.28. The van der Waals surface area contributed by atoms with Gasteiger partial charge >= 0.3 is 0 Å². The third kappa shape index (κ3) is 4.61. The summed E-state index contributed by atoms with van der Waals surface area (Å²) < 4.78 is 13.6. The van der Waals surface area contributed by atoms with Crippen molar-refractivity contribution in [2.45, 2.75) is 43.6 Å². The van der Waals surface area contributed by atoms with Crippen molar-refractivity contribution in [3.63, 3.8) is 0 Å². The first-order chi connectivity index (χ1) is 10.5.